The standard InChI is InChI=1S/C14H15N3O3S2/c1-10(18)22-9-12(19)15-14-17-16-13(20-14)7-8-21-11-5-3-2-4-6-11/h2-6H,7-9H2,1H3,(H,15,17,19). The van der Waals surface area contributed by atoms with E-state index in [-0.39, 0.29) is 22.8 Å². The molecule has 6 nitrogen and oxygen atoms in total. The molecule has 2 rings (SSSR count). The molecule has 1 N–H and O–H groups in total. The highest BCUT2D eigenvalue weighted by Gasteiger charge is 2.10. The van der Waals surface area contributed by atoms with E-state index in [1.54, 1.807) is 11.8 Å². The van der Waals surface area contributed by atoms with Crippen LogP contribution in [0.5, 0.6) is 0 Å². The molecule has 0 saturated carbocycles. The zero-order valence-electron chi connectivity index (χ0n) is 11.9. The molecule has 116 valence electrons. The van der Waals surface area contributed by atoms with E-state index in [1.807, 2.05) is 30.3 Å². The number of aryl methyl sites for hydroxylation is 1. The normalized spacial score (nSPS) is 10.4. The van der Waals surface area contributed by atoms with E-state index in [0.717, 1.165) is 17.5 Å². The SMILES string of the molecule is CC(=O)SCC(=O)Nc1nnc(CCSc2ccccc2)o1. The third-order valence-electron chi connectivity index (χ3n) is 2.45. The maximum atomic E-state index is 11.5. The Labute approximate surface area is 136 Å². The zero-order valence-corrected chi connectivity index (χ0v) is 13.6. The largest absolute Gasteiger partial charge is 0.408 e. The van der Waals surface area contributed by atoms with Gasteiger partial charge in [-0.3, -0.25) is 14.9 Å². The highest BCUT2D eigenvalue weighted by Crippen LogP contribution is 2.18. The Bertz CT molecular complexity index is 631. The molecular formula is C14H15N3O3S2. The van der Waals surface area contributed by atoms with Gasteiger partial charge < -0.3 is 4.42 Å². The van der Waals surface area contributed by atoms with Gasteiger partial charge in [-0.1, -0.05) is 35.1 Å². The van der Waals surface area contributed by atoms with Gasteiger partial charge in [0.1, 0.15) is 0 Å². The van der Waals surface area contributed by atoms with E-state index in [0.29, 0.717) is 12.3 Å². The molecule has 1 amide bonds. The van der Waals surface area contributed by atoms with Gasteiger partial charge in [0.05, 0.1) is 5.75 Å². The zero-order chi connectivity index (χ0) is 15.8. The maximum Gasteiger partial charge on any atom is 0.322 e. The second kappa shape index (κ2) is 8.60. The van der Waals surface area contributed by atoms with Gasteiger partial charge in [0, 0.05) is 24.0 Å². The molecule has 0 unspecified atom stereocenters. The lowest BCUT2D eigenvalue weighted by molar-refractivity contribution is -0.114. The molecule has 22 heavy (non-hydrogen) atoms. The molecule has 0 aliphatic heterocycles. The molecule has 0 bridgehead atoms. The Balaban J connectivity index is 1.74. The van der Waals surface area contributed by atoms with Crippen LogP contribution >= 0.6 is 23.5 Å². The number of hydrogen-bond donors (Lipinski definition) is 1. The van der Waals surface area contributed by atoms with Crippen LogP contribution in [-0.2, 0) is 16.0 Å². The first kappa shape index (κ1) is 16.6. The first-order valence-electron chi connectivity index (χ1n) is 6.57. The molecule has 1 aromatic carbocycles. The van der Waals surface area contributed by atoms with Gasteiger partial charge >= 0.3 is 6.01 Å². The Morgan fingerprint density at radius 3 is 2.73 bits per heavy atom. The van der Waals surface area contributed by atoms with E-state index in [1.165, 1.54) is 11.8 Å². The summed E-state index contributed by atoms with van der Waals surface area (Å²) in [6.07, 6.45) is 0.616. The summed E-state index contributed by atoms with van der Waals surface area (Å²) < 4.78 is 5.34. The summed E-state index contributed by atoms with van der Waals surface area (Å²) in [5, 5.41) is 9.99. The molecular weight excluding hydrogens is 322 g/mol. The first-order valence-corrected chi connectivity index (χ1v) is 8.54. The molecule has 0 radical (unpaired) electrons. The quantitative estimate of drug-likeness (QED) is 0.777. The van der Waals surface area contributed by atoms with Crippen LogP contribution in [0.3, 0.4) is 0 Å². The van der Waals surface area contributed by atoms with Crippen molar-refractivity contribution in [2.45, 2.75) is 18.2 Å². The molecule has 8 heteroatoms. The monoisotopic (exact) mass is 337 g/mol. The summed E-state index contributed by atoms with van der Waals surface area (Å²) in [6, 6.07) is 10.1. The number of anilines is 1. The Hall–Kier alpha value is -1.80. The number of carbonyl (C=O) groups excluding carboxylic acids is 2. The van der Waals surface area contributed by atoms with E-state index >= 15 is 0 Å². The van der Waals surface area contributed by atoms with Crippen LogP contribution in [0.4, 0.5) is 6.01 Å². The van der Waals surface area contributed by atoms with Gasteiger partial charge in [-0.25, -0.2) is 0 Å². The predicted octanol–water partition coefficient (Wildman–Crippen LogP) is 2.62. The van der Waals surface area contributed by atoms with E-state index in [9.17, 15) is 9.59 Å². The number of benzene rings is 1. The molecule has 0 aliphatic rings. The van der Waals surface area contributed by atoms with Crippen molar-refractivity contribution in [3.63, 3.8) is 0 Å². The van der Waals surface area contributed by atoms with E-state index in [2.05, 4.69) is 15.5 Å². The van der Waals surface area contributed by atoms with Crippen LogP contribution in [-0.4, -0.2) is 32.7 Å². The van der Waals surface area contributed by atoms with Gasteiger partial charge in [0.15, 0.2) is 5.12 Å². The van der Waals surface area contributed by atoms with Crippen LogP contribution in [0.2, 0.25) is 0 Å². The Morgan fingerprint density at radius 2 is 2.00 bits per heavy atom. The van der Waals surface area contributed by atoms with Crippen molar-refractivity contribution in [2.75, 3.05) is 16.8 Å². The lowest BCUT2D eigenvalue weighted by atomic mass is 10.4. The van der Waals surface area contributed by atoms with Crippen molar-refractivity contribution in [2.24, 2.45) is 0 Å². The Kier molecular flexibility index (Phi) is 6.47. The molecule has 2 aromatic rings. The highest BCUT2D eigenvalue weighted by molar-refractivity contribution is 8.14. The molecule has 0 fully saturated rings. The summed E-state index contributed by atoms with van der Waals surface area (Å²) in [7, 11) is 0. The summed E-state index contributed by atoms with van der Waals surface area (Å²) in [5.74, 6) is 0.975. The minimum absolute atomic E-state index is 0.0386. The van der Waals surface area contributed by atoms with Crippen molar-refractivity contribution in [3.8, 4) is 0 Å². The average Bonchev–Trinajstić information content (AvgIpc) is 2.94. The molecule has 1 heterocycles. The second-order valence-corrected chi connectivity index (χ2v) is 6.56. The third-order valence-corrected chi connectivity index (χ3v) is 4.27. The number of amides is 1. The van der Waals surface area contributed by atoms with Crippen molar-refractivity contribution in [3.05, 3.63) is 36.2 Å². The molecule has 0 aliphatic carbocycles. The fourth-order valence-electron chi connectivity index (χ4n) is 1.50. The minimum Gasteiger partial charge on any atom is -0.408 e. The van der Waals surface area contributed by atoms with Crippen LogP contribution in [0, 0.1) is 0 Å². The minimum atomic E-state index is -0.339. The molecule has 0 spiro atoms. The van der Waals surface area contributed by atoms with Crippen LogP contribution < -0.4 is 5.32 Å². The highest BCUT2D eigenvalue weighted by atomic mass is 32.2. The number of nitrogens with zero attached hydrogens (tertiary/aromatic N) is 2. The fourth-order valence-corrected chi connectivity index (χ4v) is 2.77. The van der Waals surface area contributed by atoms with E-state index < -0.39 is 0 Å². The lowest BCUT2D eigenvalue weighted by Crippen LogP contribution is -2.15. The Morgan fingerprint density at radius 1 is 1.23 bits per heavy atom. The molecule has 1 aromatic heterocycles. The van der Waals surface area contributed by atoms with Crippen molar-refractivity contribution < 1.29 is 14.0 Å². The fraction of sp³-hybridized carbons (Fsp3) is 0.286. The summed E-state index contributed by atoms with van der Waals surface area (Å²) >= 11 is 2.63. The van der Waals surface area contributed by atoms with Gasteiger partial charge in [0.25, 0.3) is 0 Å². The van der Waals surface area contributed by atoms with Gasteiger partial charge in [-0.15, -0.1) is 16.9 Å². The van der Waals surface area contributed by atoms with Crippen LogP contribution in [0.15, 0.2) is 39.6 Å². The number of carbonyl (C=O) groups is 2. The maximum absolute atomic E-state index is 11.5. The van der Waals surface area contributed by atoms with Crippen molar-refractivity contribution in [1.82, 2.24) is 10.2 Å². The summed E-state index contributed by atoms with van der Waals surface area (Å²) in [6.45, 7) is 1.41. The van der Waals surface area contributed by atoms with Crippen LogP contribution in [0.1, 0.15) is 12.8 Å². The van der Waals surface area contributed by atoms with Crippen LogP contribution in [0.25, 0.3) is 0 Å². The lowest BCUT2D eigenvalue weighted by Gasteiger charge is -1.99. The number of nitrogens with one attached hydrogen (secondary N) is 1. The number of hydrogen-bond acceptors (Lipinski definition) is 7. The van der Waals surface area contributed by atoms with Gasteiger partial charge in [-0.2, -0.15) is 0 Å². The molecule has 0 atom stereocenters. The number of rotatable bonds is 7. The summed E-state index contributed by atoms with van der Waals surface area (Å²) in [4.78, 5) is 23.5. The smallest absolute Gasteiger partial charge is 0.322 e. The predicted molar refractivity (Wildman–Crippen MR) is 86.9 cm³/mol. The number of thioether (sulfide) groups is 2. The van der Waals surface area contributed by atoms with E-state index in [4.69, 9.17) is 4.42 Å². The first-order chi connectivity index (χ1) is 10.6. The second-order valence-electron chi connectivity index (χ2n) is 4.24. The molecule has 0 saturated heterocycles. The topological polar surface area (TPSA) is 85.1 Å². The van der Waals surface area contributed by atoms with Crippen molar-refractivity contribution in [1.29, 1.82) is 0 Å². The van der Waals surface area contributed by atoms with Gasteiger partial charge in [-0.05, 0) is 12.1 Å². The number of aromatic nitrogens is 2. The van der Waals surface area contributed by atoms with Crippen molar-refractivity contribution >= 4 is 40.6 Å². The van der Waals surface area contributed by atoms with Gasteiger partial charge in [0.2, 0.25) is 11.8 Å². The third kappa shape index (κ3) is 5.90. The average molecular weight is 337 g/mol. The summed E-state index contributed by atoms with van der Waals surface area (Å²) in [5.41, 5.74) is 0.